The van der Waals surface area contributed by atoms with Gasteiger partial charge in [0.2, 0.25) is 5.89 Å². The van der Waals surface area contributed by atoms with Crippen LogP contribution >= 0.6 is 0 Å². The minimum atomic E-state index is -1.27. The van der Waals surface area contributed by atoms with E-state index >= 15 is 0 Å². The fourth-order valence-electron chi connectivity index (χ4n) is 2.45. The molecule has 6 nitrogen and oxygen atoms in total. The fourth-order valence-corrected chi connectivity index (χ4v) is 2.45. The Morgan fingerprint density at radius 3 is 2.72 bits per heavy atom. The van der Waals surface area contributed by atoms with Gasteiger partial charge in [0.25, 0.3) is 5.91 Å². The van der Waals surface area contributed by atoms with Crippen molar-refractivity contribution in [3.63, 3.8) is 0 Å². The predicted molar refractivity (Wildman–Crippen MR) is 93.3 cm³/mol. The van der Waals surface area contributed by atoms with Crippen molar-refractivity contribution in [3.8, 4) is 5.75 Å². The van der Waals surface area contributed by atoms with E-state index in [2.05, 4.69) is 10.3 Å². The number of hydrogen-bond acceptors (Lipinski definition) is 5. The molecule has 0 aliphatic heterocycles. The van der Waals surface area contributed by atoms with Gasteiger partial charge in [-0.05, 0) is 37.1 Å². The number of aromatic nitrogens is 1. The van der Waals surface area contributed by atoms with Crippen molar-refractivity contribution in [2.45, 2.75) is 26.5 Å². The van der Waals surface area contributed by atoms with Crippen molar-refractivity contribution < 1.29 is 19.1 Å². The maximum absolute atomic E-state index is 12.0. The number of aliphatic hydroxyl groups excluding tert-OH is 1. The molecule has 1 amide bonds. The molecule has 130 valence electrons. The Kier molecular flexibility index (Phi) is 5.00. The van der Waals surface area contributed by atoms with Crippen molar-refractivity contribution in [2.75, 3.05) is 6.61 Å². The average molecular weight is 340 g/mol. The lowest BCUT2D eigenvalue weighted by Crippen LogP contribution is -2.38. The molecule has 0 spiro atoms. The highest BCUT2D eigenvalue weighted by Gasteiger charge is 2.17. The Bertz CT molecular complexity index is 888. The number of ether oxygens (including phenoxy) is 1. The number of carbonyl (C=O) groups is 1. The largest absolute Gasteiger partial charge is 0.490 e. The maximum Gasteiger partial charge on any atom is 0.252 e. The molecule has 1 aromatic heterocycles. The molecule has 1 unspecified atom stereocenters. The third-order valence-corrected chi connectivity index (χ3v) is 3.87. The van der Waals surface area contributed by atoms with Crippen LogP contribution in [-0.4, -0.2) is 28.7 Å². The summed E-state index contributed by atoms with van der Waals surface area (Å²) in [6, 6.07) is 13.1. The van der Waals surface area contributed by atoms with Gasteiger partial charge in [0, 0.05) is 0 Å². The number of para-hydroxylation sites is 2. The van der Waals surface area contributed by atoms with E-state index in [1.165, 1.54) is 0 Å². The van der Waals surface area contributed by atoms with Crippen LogP contribution in [0.25, 0.3) is 11.1 Å². The summed E-state index contributed by atoms with van der Waals surface area (Å²) in [5.74, 6) is 0.501. The van der Waals surface area contributed by atoms with Gasteiger partial charge in [-0.25, -0.2) is 4.98 Å². The lowest BCUT2D eigenvalue weighted by molar-refractivity contribution is -0.131. The second kappa shape index (κ2) is 7.36. The summed E-state index contributed by atoms with van der Waals surface area (Å²) in [5.41, 5.74) is 3.39. The number of oxazole rings is 1. The number of amides is 1. The monoisotopic (exact) mass is 340 g/mol. The van der Waals surface area contributed by atoms with E-state index in [0.29, 0.717) is 17.2 Å². The smallest absolute Gasteiger partial charge is 0.252 e. The molecular formula is C19H20N2O4. The molecule has 2 aromatic carbocycles. The number of fused-ring (bicyclic) bond motifs is 1. The zero-order chi connectivity index (χ0) is 17.8. The number of hydrogen-bond donors (Lipinski definition) is 2. The highest BCUT2D eigenvalue weighted by molar-refractivity contribution is 5.80. The highest BCUT2D eigenvalue weighted by atomic mass is 16.5. The predicted octanol–water partition coefficient (Wildman–Crippen LogP) is 2.50. The first kappa shape index (κ1) is 17.0. The minimum absolute atomic E-state index is 0.106. The summed E-state index contributed by atoms with van der Waals surface area (Å²) < 4.78 is 11.1. The molecule has 25 heavy (non-hydrogen) atoms. The Morgan fingerprint density at radius 1 is 1.20 bits per heavy atom. The Hall–Kier alpha value is -2.86. The summed E-state index contributed by atoms with van der Waals surface area (Å²) >= 11 is 0. The fraction of sp³-hybridized carbons (Fsp3) is 0.263. The first-order valence-corrected chi connectivity index (χ1v) is 8.04. The normalized spacial score (nSPS) is 12.1. The number of rotatable bonds is 6. The van der Waals surface area contributed by atoms with Crippen molar-refractivity contribution in [1.29, 1.82) is 0 Å². The number of nitrogens with zero attached hydrogens (tertiary/aromatic N) is 1. The van der Waals surface area contributed by atoms with Crippen LogP contribution in [0.15, 0.2) is 46.9 Å². The van der Waals surface area contributed by atoms with Crippen molar-refractivity contribution >= 4 is 17.0 Å². The Balaban J connectivity index is 1.54. The van der Waals surface area contributed by atoms with Crippen LogP contribution in [0.2, 0.25) is 0 Å². The standard InChI is InChI=1S/C19H20N2O4/c1-12-6-3-4-8-15(12)24-11-14(22)19(23)20-10-17-21-18-13(2)7-5-9-16(18)25-17/h3-9,14,22H,10-11H2,1-2H3,(H,20,23). The van der Waals surface area contributed by atoms with E-state index in [1.54, 1.807) is 6.07 Å². The van der Waals surface area contributed by atoms with E-state index < -0.39 is 12.0 Å². The van der Waals surface area contributed by atoms with E-state index in [9.17, 15) is 9.90 Å². The maximum atomic E-state index is 12.0. The number of nitrogens with one attached hydrogen (secondary N) is 1. The molecule has 1 atom stereocenters. The third-order valence-electron chi connectivity index (χ3n) is 3.87. The van der Waals surface area contributed by atoms with E-state index in [4.69, 9.17) is 9.15 Å². The average Bonchev–Trinajstić information content (AvgIpc) is 3.03. The molecule has 3 rings (SSSR count). The SMILES string of the molecule is Cc1ccccc1OCC(O)C(=O)NCc1nc2c(C)cccc2o1. The van der Waals surface area contributed by atoms with Crippen LogP contribution in [0.1, 0.15) is 17.0 Å². The van der Waals surface area contributed by atoms with Gasteiger partial charge in [-0.3, -0.25) is 4.79 Å². The molecule has 0 saturated carbocycles. The number of carbonyl (C=O) groups excluding carboxylic acids is 1. The summed E-state index contributed by atoms with van der Waals surface area (Å²) in [6.45, 7) is 3.83. The second-order valence-corrected chi connectivity index (χ2v) is 5.84. The molecule has 0 saturated heterocycles. The van der Waals surface area contributed by atoms with Gasteiger partial charge < -0.3 is 19.6 Å². The Labute approximate surface area is 145 Å². The van der Waals surface area contributed by atoms with Gasteiger partial charge >= 0.3 is 0 Å². The summed E-state index contributed by atoms with van der Waals surface area (Å²) in [6.07, 6.45) is -1.27. The van der Waals surface area contributed by atoms with Crippen LogP contribution in [0.3, 0.4) is 0 Å². The third kappa shape index (κ3) is 3.97. The van der Waals surface area contributed by atoms with Crippen LogP contribution in [0.5, 0.6) is 5.75 Å². The number of aliphatic hydroxyl groups is 1. The molecule has 2 N–H and O–H groups in total. The van der Waals surface area contributed by atoms with Gasteiger partial charge in [-0.1, -0.05) is 30.3 Å². The second-order valence-electron chi connectivity index (χ2n) is 5.84. The van der Waals surface area contributed by atoms with E-state index in [1.807, 2.05) is 50.2 Å². The number of aryl methyl sites for hydroxylation is 2. The molecule has 0 bridgehead atoms. The van der Waals surface area contributed by atoms with Gasteiger partial charge in [0.05, 0.1) is 6.54 Å². The molecule has 0 aliphatic rings. The van der Waals surface area contributed by atoms with Crippen LogP contribution in [0, 0.1) is 13.8 Å². The first-order chi connectivity index (χ1) is 12.0. The molecule has 0 radical (unpaired) electrons. The van der Waals surface area contributed by atoms with E-state index in [-0.39, 0.29) is 13.2 Å². The van der Waals surface area contributed by atoms with Gasteiger partial charge in [-0.2, -0.15) is 0 Å². The first-order valence-electron chi connectivity index (χ1n) is 8.04. The molecule has 1 heterocycles. The minimum Gasteiger partial charge on any atom is -0.490 e. The van der Waals surface area contributed by atoms with Crippen molar-refractivity contribution in [1.82, 2.24) is 10.3 Å². The molecule has 0 fully saturated rings. The number of benzene rings is 2. The molecular weight excluding hydrogens is 320 g/mol. The van der Waals surface area contributed by atoms with Crippen LogP contribution in [0.4, 0.5) is 0 Å². The lowest BCUT2D eigenvalue weighted by atomic mass is 10.2. The molecule has 6 heteroatoms. The van der Waals surface area contributed by atoms with Crippen molar-refractivity contribution in [2.24, 2.45) is 0 Å². The topological polar surface area (TPSA) is 84.6 Å². The molecule has 3 aromatic rings. The quantitative estimate of drug-likeness (QED) is 0.720. The summed E-state index contributed by atoms with van der Waals surface area (Å²) in [5, 5.41) is 12.5. The zero-order valence-corrected chi connectivity index (χ0v) is 14.2. The van der Waals surface area contributed by atoms with Gasteiger partial charge in [0.1, 0.15) is 17.9 Å². The summed E-state index contributed by atoms with van der Waals surface area (Å²) in [4.78, 5) is 16.3. The van der Waals surface area contributed by atoms with E-state index in [0.717, 1.165) is 16.6 Å². The lowest BCUT2D eigenvalue weighted by Gasteiger charge is -2.13. The summed E-state index contributed by atoms with van der Waals surface area (Å²) in [7, 11) is 0. The van der Waals surface area contributed by atoms with Crippen LogP contribution in [-0.2, 0) is 11.3 Å². The zero-order valence-electron chi connectivity index (χ0n) is 14.2. The van der Waals surface area contributed by atoms with Crippen LogP contribution < -0.4 is 10.1 Å². The van der Waals surface area contributed by atoms with Gasteiger partial charge in [0.15, 0.2) is 11.7 Å². The van der Waals surface area contributed by atoms with Crippen molar-refractivity contribution in [3.05, 3.63) is 59.5 Å². The highest BCUT2D eigenvalue weighted by Crippen LogP contribution is 2.19. The Morgan fingerprint density at radius 2 is 1.96 bits per heavy atom. The molecule has 0 aliphatic carbocycles. The van der Waals surface area contributed by atoms with Gasteiger partial charge in [-0.15, -0.1) is 0 Å².